The van der Waals surface area contributed by atoms with Crippen LogP contribution in [0.3, 0.4) is 0 Å². The molecular weight excluding hydrogens is 641 g/mol. The average molecular weight is 679 g/mol. The minimum atomic E-state index is -3.75. The molecule has 240 valence electrons. The molecule has 2 amide bonds. The molecule has 46 heavy (non-hydrogen) atoms. The number of anilines is 1. The van der Waals surface area contributed by atoms with Gasteiger partial charge in [-0.25, -0.2) is 8.42 Å². The van der Waals surface area contributed by atoms with Crippen LogP contribution >= 0.6 is 23.2 Å². The molecule has 1 N–H and O–H groups in total. The van der Waals surface area contributed by atoms with E-state index in [1.165, 1.54) is 4.31 Å². The van der Waals surface area contributed by atoms with Crippen LogP contribution in [0, 0.1) is 0 Å². The molecule has 0 aromatic heterocycles. The Balaban J connectivity index is 1.26. The zero-order chi connectivity index (χ0) is 32.3. The first-order chi connectivity index (χ1) is 22.2. The lowest BCUT2D eigenvalue weighted by atomic mass is 9.94. The van der Waals surface area contributed by atoms with Gasteiger partial charge in [-0.1, -0.05) is 103 Å². The number of carbonyl (C=O) groups is 2. The molecule has 0 saturated heterocycles. The van der Waals surface area contributed by atoms with Crippen molar-refractivity contribution in [1.29, 1.82) is 0 Å². The second-order valence-corrected chi connectivity index (χ2v) is 14.8. The number of hydrogen-bond acceptors (Lipinski definition) is 4. The summed E-state index contributed by atoms with van der Waals surface area (Å²) < 4.78 is 28.4. The molecule has 0 bridgehead atoms. The normalized spacial score (nSPS) is 16.3. The van der Waals surface area contributed by atoms with Crippen LogP contribution in [-0.2, 0) is 32.6 Å². The third-order valence-electron chi connectivity index (χ3n) is 9.01. The van der Waals surface area contributed by atoms with Crippen molar-refractivity contribution in [2.24, 2.45) is 0 Å². The number of halogens is 2. The van der Waals surface area contributed by atoms with E-state index in [1.54, 1.807) is 41.3 Å². The summed E-state index contributed by atoms with van der Waals surface area (Å²) >= 11 is 12.8. The molecule has 4 aromatic carbocycles. The molecule has 1 fully saturated rings. The molecule has 1 aliphatic carbocycles. The monoisotopic (exact) mass is 677 g/mol. The van der Waals surface area contributed by atoms with Crippen LogP contribution in [-0.4, -0.2) is 43.8 Å². The fourth-order valence-electron chi connectivity index (χ4n) is 6.65. The highest BCUT2D eigenvalue weighted by molar-refractivity contribution is 7.93. The molecule has 4 aromatic rings. The van der Waals surface area contributed by atoms with E-state index in [2.05, 4.69) is 5.32 Å². The molecule has 1 saturated carbocycles. The Kier molecular flexibility index (Phi) is 9.87. The fourth-order valence-corrected chi connectivity index (χ4v) is 8.87. The molecule has 0 radical (unpaired) electrons. The van der Waals surface area contributed by atoms with E-state index < -0.39 is 16.1 Å². The highest BCUT2D eigenvalue weighted by Gasteiger charge is 2.36. The lowest BCUT2D eigenvalue weighted by Gasteiger charge is -2.34. The third-order valence-corrected chi connectivity index (χ3v) is 11.5. The molecule has 1 atom stereocenters. The first kappa shape index (κ1) is 32.4. The van der Waals surface area contributed by atoms with Crippen molar-refractivity contribution in [2.75, 3.05) is 10.8 Å². The van der Waals surface area contributed by atoms with E-state index in [0.29, 0.717) is 33.1 Å². The summed E-state index contributed by atoms with van der Waals surface area (Å²) in [5.41, 5.74) is 2.23. The Bertz CT molecular complexity index is 1840. The van der Waals surface area contributed by atoms with Gasteiger partial charge in [-0.3, -0.25) is 13.9 Å². The van der Waals surface area contributed by atoms with Crippen molar-refractivity contribution >= 4 is 61.5 Å². The summed E-state index contributed by atoms with van der Waals surface area (Å²) in [5, 5.41) is 5.69. The van der Waals surface area contributed by atoms with Gasteiger partial charge < -0.3 is 10.2 Å². The summed E-state index contributed by atoms with van der Waals surface area (Å²) in [6.45, 7) is 0.242. The van der Waals surface area contributed by atoms with Crippen molar-refractivity contribution < 1.29 is 18.0 Å². The van der Waals surface area contributed by atoms with Crippen LogP contribution in [0.1, 0.15) is 56.1 Å². The lowest BCUT2D eigenvalue weighted by Crippen LogP contribution is -2.53. The summed E-state index contributed by atoms with van der Waals surface area (Å²) in [4.78, 5) is 30.1. The number of amides is 2. The van der Waals surface area contributed by atoms with E-state index in [1.807, 2.05) is 48.5 Å². The smallest absolute Gasteiger partial charge is 0.265 e. The van der Waals surface area contributed by atoms with Crippen molar-refractivity contribution in [1.82, 2.24) is 10.2 Å². The van der Waals surface area contributed by atoms with Gasteiger partial charge in [0.1, 0.15) is 6.04 Å². The minimum absolute atomic E-state index is 0.0472. The molecule has 10 heteroatoms. The lowest BCUT2D eigenvalue weighted by molar-refractivity contribution is -0.141. The standard InChI is InChI=1S/C36H37Cl2N3O4S/c37-28-20-19-27(30(38)23-28)24-40(32(22-25-10-3-1-4-11-25)36(43)39-29-14-5-2-6-15-29)34(42)18-9-21-41-31-16-7-12-26-13-8-17-33(35(26)31)46(41,44)45/h1,3-4,7-8,10-13,16-17,19-20,23,29,32H,2,5-6,9,14-15,18,21-22,24H2,(H,39,43)/t32-/m0/s1. The van der Waals surface area contributed by atoms with Gasteiger partial charge in [0.25, 0.3) is 10.0 Å². The van der Waals surface area contributed by atoms with Gasteiger partial charge in [-0.05, 0) is 60.0 Å². The topological polar surface area (TPSA) is 86.8 Å². The zero-order valence-electron chi connectivity index (χ0n) is 25.5. The number of hydrogen-bond donors (Lipinski definition) is 1. The third kappa shape index (κ3) is 6.89. The van der Waals surface area contributed by atoms with E-state index in [-0.39, 0.29) is 48.7 Å². The van der Waals surface area contributed by atoms with Crippen LogP contribution < -0.4 is 9.62 Å². The van der Waals surface area contributed by atoms with Gasteiger partial charge >= 0.3 is 0 Å². The number of benzene rings is 4. The van der Waals surface area contributed by atoms with Gasteiger partial charge in [-0.15, -0.1) is 0 Å². The number of carbonyl (C=O) groups excluding carboxylic acids is 2. The number of nitrogens with zero attached hydrogens (tertiary/aromatic N) is 2. The van der Waals surface area contributed by atoms with Crippen molar-refractivity contribution in [3.63, 3.8) is 0 Å². The van der Waals surface area contributed by atoms with E-state index in [0.717, 1.165) is 43.1 Å². The Morgan fingerprint density at radius 3 is 2.39 bits per heavy atom. The SMILES string of the molecule is O=C(NC1CCCCC1)[C@H](Cc1ccccc1)N(Cc1ccc(Cl)cc1Cl)C(=O)CCCN1c2cccc3cccc(c23)S1(=O)=O. The van der Waals surface area contributed by atoms with Crippen LogP contribution in [0.5, 0.6) is 0 Å². The molecular formula is C36H37Cl2N3O4S. The fraction of sp³-hybridized carbons (Fsp3) is 0.333. The molecule has 0 unspecified atom stereocenters. The van der Waals surface area contributed by atoms with Crippen molar-refractivity contribution in [3.05, 3.63) is 106 Å². The van der Waals surface area contributed by atoms with Gasteiger partial charge in [-0.2, -0.15) is 0 Å². The van der Waals surface area contributed by atoms with Gasteiger partial charge in [0.15, 0.2) is 0 Å². The van der Waals surface area contributed by atoms with E-state index >= 15 is 0 Å². The number of nitrogens with one attached hydrogen (secondary N) is 1. The minimum Gasteiger partial charge on any atom is -0.352 e. The zero-order valence-corrected chi connectivity index (χ0v) is 27.8. The maximum atomic E-state index is 14.2. The summed E-state index contributed by atoms with van der Waals surface area (Å²) in [7, 11) is -3.75. The Morgan fingerprint density at radius 1 is 0.913 bits per heavy atom. The average Bonchev–Trinajstić information content (AvgIpc) is 3.27. The van der Waals surface area contributed by atoms with Crippen molar-refractivity contribution in [2.45, 2.75) is 74.9 Å². The van der Waals surface area contributed by atoms with Crippen molar-refractivity contribution in [3.8, 4) is 0 Å². The molecule has 2 aliphatic rings. The first-order valence-corrected chi connectivity index (χ1v) is 18.0. The largest absolute Gasteiger partial charge is 0.352 e. The van der Waals surface area contributed by atoms with E-state index in [9.17, 15) is 18.0 Å². The Labute approximate surface area is 280 Å². The van der Waals surface area contributed by atoms with Crippen LogP contribution in [0.4, 0.5) is 5.69 Å². The van der Waals surface area contributed by atoms with Crippen LogP contribution in [0.2, 0.25) is 10.0 Å². The highest BCUT2D eigenvalue weighted by Crippen LogP contribution is 2.42. The Hall–Kier alpha value is -3.59. The number of rotatable bonds is 11. The summed E-state index contributed by atoms with van der Waals surface area (Å²) in [6, 6.07) is 24.9. The maximum absolute atomic E-state index is 14.2. The molecule has 7 nitrogen and oxygen atoms in total. The first-order valence-electron chi connectivity index (χ1n) is 15.8. The molecule has 1 aliphatic heterocycles. The van der Waals surface area contributed by atoms with Crippen LogP contribution in [0.25, 0.3) is 10.8 Å². The molecule has 1 heterocycles. The predicted molar refractivity (Wildman–Crippen MR) is 184 cm³/mol. The number of sulfonamides is 1. The summed E-state index contributed by atoms with van der Waals surface area (Å²) in [5.74, 6) is -0.448. The maximum Gasteiger partial charge on any atom is 0.265 e. The second kappa shape index (κ2) is 14.0. The van der Waals surface area contributed by atoms with Crippen LogP contribution in [0.15, 0.2) is 89.8 Å². The second-order valence-electron chi connectivity index (χ2n) is 12.1. The van der Waals surface area contributed by atoms with Gasteiger partial charge in [0.2, 0.25) is 11.8 Å². The predicted octanol–water partition coefficient (Wildman–Crippen LogP) is 7.52. The molecule has 6 rings (SSSR count). The highest BCUT2D eigenvalue weighted by atomic mass is 35.5. The quantitative estimate of drug-likeness (QED) is 0.178. The molecule has 0 spiro atoms. The van der Waals surface area contributed by atoms with E-state index in [4.69, 9.17) is 23.2 Å². The van der Waals surface area contributed by atoms with Gasteiger partial charge in [0, 0.05) is 47.4 Å². The van der Waals surface area contributed by atoms with Gasteiger partial charge in [0.05, 0.1) is 10.6 Å². The Morgan fingerprint density at radius 2 is 1.65 bits per heavy atom. The summed E-state index contributed by atoms with van der Waals surface area (Å²) in [6.07, 6.45) is 5.77.